The van der Waals surface area contributed by atoms with Gasteiger partial charge in [0, 0.05) is 32.0 Å². The predicted octanol–water partition coefficient (Wildman–Crippen LogP) is 2.59. The highest BCUT2D eigenvalue weighted by Gasteiger charge is 2.36. The molecule has 1 N–H and O–H groups in total. The molecular formula is C17H23N3O. The van der Waals surface area contributed by atoms with E-state index < -0.39 is 0 Å². The van der Waals surface area contributed by atoms with Crippen LogP contribution in [-0.4, -0.2) is 29.0 Å². The van der Waals surface area contributed by atoms with Gasteiger partial charge >= 0.3 is 0 Å². The Morgan fingerprint density at radius 1 is 1.24 bits per heavy atom. The van der Waals surface area contributed by atoms with Crippen molar-refractivity contribution in [3.8, 4) is 0 Å². The summed E-state index contributed by atoms with van der Waals surface area (Å²) < 4.78 is 7.60. The van der Waals surface area contributed by atoms with Gasteiger partial charge < -0.3 is 10.1 Å². The second-order valence-corrected chi connectivity index (χ2v) is 5.88. The van der Waals surface area contributed by atoms with Gasteiger partial charge in [-0.2, -0.15) is 5.10 Å². The maximum absolute atomic E-state index is 5.61. The molecule has 3 rings (SSSR count). The fourth-order valence-corrected chi connectivity index (χ4v) is 2.81. The molecule has 0 atom stereocenters. The quantitative estimate of drug-likeness (QED) is 0.850. The van der Waals surface area contributed by atoms with E-state index in [-0.39, 0.29) is 5.60 Å². The molecule has 0 amide bonds. The van der Waals surface area contributed by atoms with Crippen molar-refractivity contribution < 1.29 is 4.74 Å². The summed E-state index contributed by atoms with van der Waals surface area (Å²) in [7, 11) is 1.82. The average molecular weight is 285 g/mol. The molecule has 1 aliphatic rings. The number of methoxy groups -OCH3 is 1. The zero-order chi connectivity index (χ0) is 14.5. The number of hydrogen-bond donors (Lipinski definition) is 1. The van der Waals surface area contributed by atoms with Crippen LogP contribution in [0.4, 0.5) is 0 Å². The van der Waals surface area contributed by atoms with Crippen LogP contribution in [0.5, 0.6) is 0 Å². The zero-order valence-electron chi connectivity index (χ0n) is 12.6. The molecule has 1 saturated carbocycles. The van der Waals surface area contributed by atoms with Gasteiger partial charge in [0.2, 0.25) is 0 Å². The monoisotopic (exact) mass is 285 g/mol. The molecule has 4 nitrogen and oxygen atoms in total. The van der Waals surface area contributed by atoms with E-state index in [4.69, 9.17) is 4.74 Å². The van der Waals surface area contributed by atoms with Crippen molar-refractivity contribution in [1.29, 1.82) is 0 Å². The number of ether oxygens (including phenoxy) is 1. The lowest BCUT2D eigenvalue weighted by atomic mass is 9.80. The number of hydrogen-bond acceptors (Lipinski definition) is 3. The van der Waals surface area contributed by atoms with Crippen molar-refractivity contribution in [3.05, 3.63) is 53.9 Å². The van der Waals surface area contributed by atoms with E-state index in [1.807, 2.05) is 24.1 Å². The molecule has 0 saturated heterocycles. The number of rotatable bonds is 7. The summed E-state index contributed by atoms with van der Waals surface area (Å²) in [6, 6.07) is 10.4. The van der Waals surface area contributed by atoms with Gasteiger partial charge in [-0.1, -0.05) is 30.3 Å². The van der Waals surface area contributed by atoms with Crippen LogP contribution in [0, 0.1) is 0 Å². The highest BCUT2D eigenvalue weighted by atomic mass is 16.5. The van der Waals surface area contributed by atoms with Gasteiger partial charge in [0.1, 0.15) is 0 Å². The normalized spacial score (nSPS) is 16.6. The van der Waals surface area contributed by atoms with Crippen LogP contribution in [0.15, 0.2) is 42.7 Å². The van der Waals surface area contributed by atoms with Crippen molar-refractivity contribution in [2.75, 3.05) is 13.7 Å². The third-order valence-electron chi connectivity index (χ3n) is 4.35. The summed E-state index contributed by atoms with van der Waals surface area (Å²) in [6.45, 7) is 2.59. The van der Waals surface area contributed by atoms with E-state index in [1.165, 1.54) is 30.4 Å². The van der Waals surface area contributed by atoms with Crippen LogP contribution in [0.25, 0.3) is 0 Å². The molecule has 0 spiro atoms. The van der Waals surface area contributed by atoms with Crippen molar-refractivity contribution >= 4 is 0 Å². The van der Waals surface area contributed by atoms with Gasteiger partial charge in [0.05, 0.1) is 18.3 Å². The fraction of sp³-hybridized carbons (Fsp3) is 0.471. The molecule has 0 aliphatic heterocycles. The molecule has 0 radical (unpaired) electrons. The molecule has 0 bridgehead atoms. The van der Waals surface area contributed by atoms with Crippen LogP contribution in [0.3, 0.4) is 0 Å². The largest absolute Gasteiger partial charge is 0.377 e. The van der Waals surface area contributed by atoms with E-state index >= 15 is 0 Å². The average Bonchev–Trinajstić information content (AvgIpc) is 2.90. The maximum Gasteiger partial charge on any atom is 0.0802 e. The number of benzene rings is 1. The van der Waals surface area contributed by atoms with E-state index in [0.717, 1.165) is 19.6 Å². The Labute approximate surface area is 126 Å². The number of nitrogens with zero attached hydrogens (tertiary/aromatic N) is 2. The highest BCUT2D eigenvalue weighted by molar-refractivity contribution is 5.15. The lowest BCUT2D eigenvalue weighted by molar-refractivity contribution is -0.0695. The summed E-state index contributed by atoms with van der Waals surface area (Å²) in [5, 5.41) is 7.92. The lowest BCUT2D eigenvalue weighted by Gasteiger charge is -2.40. The summed E-state index contributed by atoms with van der Waals surface area (Å²) in [5.41, 5.74) is 2.57. The van der Waals surface area contributed by atoms with Crippen LogP contribution in [0.1, 0.15) is 30.4 Å². The molecule has 21 heavy (non-hydrogen) atoms. The molecule has 2 aromatic rings. The highest BCUT2D eigenvalue weighted by Crippen LogP contribution is 2.34. The fourth-order valence-electron chi connectivity index (χ4n) is 2.81. The Hall–Kier alpha value is -1.65. The van der Waals surface area contributed by atoms with Gasteiger partial charge in [0.15, 0.2) is 0 Å². The first-order valence-electron chi connectivity index (χ1n) is 7.61. The van der Waals surface area contributed by atoms with E-state index in [2.05, 4.69) is 40.9 Å². The van der Waals surface area contributed by atoms with Crippen molar-refractivity contribution in [1.82, 2.24) is 15.1 Å². The Morgan fingerprint density at radius 2 is 2.05 bits per heavy atom. The Morgan fingerprint density at radius 3 is 2.71 bits per heavy atom. The van der Waals surface area contributed by atoms with Crippen LogP contribution in [-0.2, 0) is 17.8 Å². The summed E-state index contributed by atoms with van der Waals surface area (Å²) >= 11 is 0. The summed E-state index contributed by atoms with van der Waals surface area (Å²) in [5.74, 6) is 0. The van der Waals surface area contributed by atoms with E-state index in [0.29, 0.717) is 0 Å². The lowest BCUT2D eigenvalue weighted by Crippen LogP contribution is -2.47. The number of aromatic nitrogens is 2. The Bertz CT molecular complexity index is 555. The molecule has 1 aromatic heterocycles. The van der Waals surface area contributed by atoms with Crippen molar-refractivity contribution in [2.45, 2.75) is 38.0 Å². The second-order valence-electron chi connectivity index (χ2n) is 5.88. The van der Waals surface area contributed by atoms with Gasteiger partial charge in [-0.15, -0.1) is 0 Å². The molecule has 1 heterocycles. The van der Waals surface area contributed by atoms with Gasteiger partial charge in [-0.05, 0) is 24.8 Å². The zero-order valence-corrected chi connectivity index (χ0v) is 12.6. The van der Waals surface area contributed by atoms with Gasteiger partial charge in [0.25, 0.3) is 0 Å². The summed E-state index contributed by atoms with van der Waals surface area (Å²) in [6.07, 6.45) is 7.68. The third-order valence-corrected chi connectivity index (χ3v) is 4.35. The molecule has 4 heteroatoms. The molecular weight excluding hydrogens is 262 g/mol. The maximum atomic E-state index is 5.61. The van der Waals surface area contributed by atoms with Gasteiger partial charge in [-0.3, -0.25) is 4.68 Å². The molecule has 1 aromatic carbocycles. The minimum Gasteiger partial charge on any atom is -0.377 e. The molecule has 1 fully saturated rings. The van der Waals surface area contributed by atoms with Gasteiger partial charge in [-0.25, -0.2) is 0 Å². The van der Waals surface area contributed by atoms with E-state index in [1.54, 1.807) is 0 Å². The molecule has 112 valence electrons. The SMILES string of the molecule is COC1(CNCc2cnn(Cc3ccccc3)c2)CCC1. The Kier molecular flexibility index (Phi) is 4.36. The first-order valence-corrected chi connectivity index (χ1v) is 7.61. The minimum absolute atomic E-state index is 0.0834. The minimum atomic E-state index is 0.0834. The van der Waals surface area contributed by atoms with Crippen LogP contribution in [0.2, 0.25) is 0 Å². The Balaban J connectivity index is 1.49. The second kappa shape index (κ2) is 6.41. The van der Waals surface area contributed by atoms with Crippen LogP contribution < -0.4 is 5.32 Å². The predicted molar refractivity (Wildman–Crippen MR) is 83.1 cm³/mol. The first kappa shape index (κ1) is 14.3. The van der Waals surface area contributed by atoms with Crippen molar-refractivity contribution in [3.63, 3.8) is 0 Å². The number of nitrogens with one attached hydrogen (secondary N) is 1. The standard InChI is InChI=1S/C17H23N3O/c1-21-17(8-5-9-17)14-18-10-16-11-19-20(13-16)12-15-6-3-2-4-7-15/h2-4,6-7,11,13,18H,5,8-10,12,14H2,1H3. The van der Waals surface area contributed by atoms with Crippen LogP contribution >= 0.6 is 0 Å². The van der Waals surface area contributed by atoms with E-state index in [9.17, 15) is 0 Å². The molecule has 1 aliphatic carbocycles. The summed E-state index contributed by atoms with van der Waals surface area (Å²) in [4.78, 5) is 0. The third kappa shape index (κ3) is 3.52. The smallest absolute Gasteiger partial charge is 0.0802 e. The topological polar surface area (TPSA) is 39.1 Å². The first-order chi connectivity index (χ1) is 10.3. The van der Waals surface area contributed by atoms with Crippen molar-refractivity contribution in [2.24, 2.45) is 0 Å². The molecule has 0 unspecified atom stereocenters.